The number of aromatic nitrogens is 2. The molecule has 2 aromatic heterocycles. The predicted octanol–water partition coefficient (Wildman–Crippen LogP) is 4.13. The van der Waals surface area contributed by atoms with Crippen LogP contribution in [0.1, 0.15) is 23.4 Å². The Balaban J connectivity index is 2.34. The smallest absolute Gasteiger partial charge is 0.138 e. The number of alkyl halides is 1. The molecule has 0 N–H and O–H groups in total. The molecule has 2 rings (SSSR count). The third-order valence-electron chi connectivity index (χ3n) is 2.87. The number of thiophene rings is 1. The summed E-state index contributed by atoms with van der Waals surface area (Å²) in [5.74, 6) is 1.09. The third kappa shape index (κ3) is 2.60. The van der Waals surface area contributed by atoms with Crippen LogP contribution >= 0.6 is 34.5 Å². The summed E-state index contributed by atoms with van der Waals surface area (Å²) in [5.41, 5.74) is 0.770. The zero-order chi connectivity index (χ0) is 13.1. The van der Waals surface area contributed by atoms with Crippen molar-refractivity contribution < 1.29 is 0 Å². The van der Waals surface area contributed by atoms with E-state index in [2.05, 4.69) is 33.2 Å². The molecule has 0 spiro atoms. The van der Waals surface area contributed by atoms with Crippen molar-refractivity contribution in [1.82, 2.24) is 9.97 Å². The van der Waals surface area contributed by atoms with Gasteiger partial charge in [-0.3, -0.25) is 0 Å². The van der Waals surface area contributed by atoms with E-state index >= 15 is 0 Å². The van der Waals surface area contributed by atoms with Crippen LogP contribution in [0.2, 0.25) is 5.15 Å². The van der Waals surface area contributed by atoms with Gasteiger partial charge in [0.15, 0.2) is 0 Å². The number of nitrogens with zero attached hydrogens (tertiary/aromatic N) is 3. The fraction of sp³-hybridized carbons (Fsp3) is 0.333. The molecule has 0 aliphatic carbocycles. The summed E-state index contributed by atoms with van der Waals surface area (Å²) in [6, 6.07) is 4.37. The van der Waals surface area contributed by atoms with Gasteiger partial charge in [0, 0.05) is 17.5 Å². The van der Waals surface area contributed by atoms with Gasteiger partial charge in [0.05, 0.1) is 11.9 Å². The van der Waals surface area contributed by atoms with E-state index in [0.717, 1.165) is 11.4 Å². The molecule has 2 heterocycles. The Morgan fingerprint density at radius 3 is 2.83 bits per heavy atom. The van der Waals surface area contributed by atoms with E-state index in [4.69, 9.17) is 23.2 Å². The van der Waals surface area contributed by atoms with Crippen molar-refractivity contribution in [2.45, 2.75) is 18.8 Å². The van der Waals surface area contributed by atoms with E-state index in [9.17, 15) is 0 Å². The fourth-order valence-corrected chi connectivity index (χ4v) is 3.04. The Hall–Kier alpha value is -0.840. The highest BCUT2D eigenvalue weighted by atomic mass is 35.5. The van der Waals surface area contributed by atoms with Crippen molar-refractivity contribution >= 4 is 40.4 Å². The molecule has 0 aliphatic heterocycles. The lowest BCUT2D eigenvalue weighted by Gasteiger charge is -2.26. The monoisotopic (exact) mass is 301 g/mol. The quantitative estimate of drug-likeness (QED) is 0.628. The molecule has 0 saturated heterocycles. The Kier molecular flexibility index (Phi) is 4.43. The Morgan fingerprint density at radius 2 is 2.22 bits per heavy atom. The van der Waals surface area contributed by atoms with E-state index in [1.807, 2.05) is 13.1 Å². The van der Waals surface area contributed by atoms with E-state index in [1.54, 1.807) is 11.3 Å². The van der Waals surface area contributed by atoms with Crippen LogP contribution in [0.3, 0.4) is 0 Å². The predicted molar refractivity (Wildman–Crippen MR) is 77.7 cm³/mol. The summed E-state index contributed by atoms with van der Waals surface area (Å²) >= 11 is 13.7. The molecule has 0 aromatic carbocycles. The molecule has 2 aromatic rings. The topological polar surface area (TPSA) is 29.0 Å². The fourth-order valence-electron chi connectivity index (χ4n) is 1.70. The summed E-state index contributed by atoms with van der Waals surface area (Å²) in [6.45, 7) is 2.12. The van der Waals surface area contributed by atoms with Gasteiger partial charge < -0.3 is 4.90 Å². The molecule has 6 heteroatoms. The van der Waals surface area contributed by atoms with Crippen LogP contribution in [0.4, 0.5) is 5.82 Å². The highest BCUT2D eigenvalue weighted by molar-refractivity contribution is 7.10. The second kappa shape index (κ2) is 5.87. The Morgan fingerprint density at radius 1 is 1.44 bits per heavy atom. The van der Waals surface area contributed by atoms with E-state index in [0.29, 0.717) is 11.0 Å². The Bertz CT molecular complexity index is 516. The molecule has 0 saturated carbocycles. The SMILES string of the molecule is CC(c1cccs1)N(C)c1ncnc(Cl)c1CCl. The normalized spacial score (nSPS) is 12.4. The molecular weight excluding hydrogens is 289 g/mol. The minimum absolute atomic E-state index is 0.220. The zero-order valence-corrected chi connectivity index (χ0v) is 12.4. The van der Waals surface area contributed by atoms with Crippen LogP contribution in [-0.4, -0.2) is 17.0 Å². The third-order valence-corrected chi connectivity index (χ3v) is 4.51. The van der Waals surface area contributed by atoms with Crippen molar-refractivity contribution in [3.63, 3.8) is 0 Å². The molecule has 1 atom stereocenters. The molecule has 96 valence electrons. The summed E-state index contributed by atoms with van der Waals surface area (Å²) in [7, 11) is 1.99. The van der Waals surface area contributed by atoms with Gasteiger partial charge in [-0.25, -0.2) is 9.97 Å². The van der Waals surface area contributed by atoms with Gasteiger partial charge in [-0.15, -0.1) is 22.9 Å². The van der Waals surface area contributed by atoms with Crippen LogP contribution in [0.5, 0.6) is 0 Å². The van der Waals surface area contributed by atoms with Gasteiger partial charge in [0.25, 0.3) is 0 Å². The highest BCUT2D eigenvalue weighted by Gasteiger charge is 2.19. The summed E-state index contributed by atoms with van der Waals surface area (Å²) in [4.78, 5) is 11.6. The van der Waals surface area contributed by atoms with Crippen LogP contribution in [0.25, 0.3) is 0 Å². The van der Waals surface area contributed by atoms with Crippen molar-refractivity contribution in [3.8, 4) is 0 Å². The van der Waals surface area contributed by atoms with Crippen molar-refractivity contribution in [2.24, 2.45) is 0 Å². The van der Waals surface area contributed by atoms with Crippen LogP contribution in [0, 0.1) is 0 Å². The lowest BCUT2D eigenvalue weighted by atomic mass is 10.2. The van der Waals surface area contributed by atoms with Crippen molar-refractivity contribution in [2.75, 3.05) is 11.9 Å². The van der Waals surface area contributed by atoms with Gasteiger partial charge in [-0.1, -0.05) is 17.7 Å². The maximum atomic E-state index is 6.04. The molecular formula is C12H13Cl2N3S. The first kappa shape index (κ1) is 13.6. The molecule has 0 aliphatic rings. The molecule has 0 radical (unpaired) electrons. The average molecular weight is 302 g/mol. The summed E-state index contributed by atoms with van der Waals surface area (Å²) in [5, 5.41) is 2.48. The zero-order valence-electron chi connectivity index (χ0n) is 10.1. The second-order valence-electron chi connectivity index (χ2n) is 3.90. The number of anilines is 1. The molecule has 18 heavy (non-hydrogen) atoms. The van der Waals surface area contributed by atoms with Crippen LogP contribution in [-0.2, 0) is 5.88 Å². The largest absolute Gasteiger partial charge is 0.352 e. The lowest BCUT2D eigenvalue weighted by molar-refractivity contribution is 0.736. The lowest BCUT2D eigenvalue weighted by Crippen LogP contribution is -2.23. The number of rotatable bonds is 4. The number of hydrogen-bond donors (Lipinski definition) is 0. The first-order chi connectivity index (χ1) is 8.65. The standard InChI is InChI=1S/C12H13Cl2N3S/c1-8(10-4-3-5-18-10)17(2)12-9(6-13)11(14)15-7-16-12/h3-5,7-8H,6H2,1-2H3. The molecule has 1 unspecified atom stereocenters. The minimum atomic E-state index is 0.220. The first-order valence-electron chi connectivity index (χ1n) is 5.46. The van der Waals surface area contributed by atoms with Gasteiger partial charge in [-0.2, -0.15) is 0 Å². The maximum absolute atomic E-state index is 6.04. The maximum Gasteiger partial charge on any atom is 0.138 e. The molecule has 0 amide bonds. The molecule has 0 bridgehead atoms. The summed E-state index contributed by atoms with van der Waals surface area (Å²) in [6.07, 6.45) is 1.46. The summed E-state index contributed by atoms with van der Waals surface area (Å²) < 4.78 is 0. The van der Waals surface area contributed by atoms with Gasteiger partial charge in [-0.05, 0) is 18.4 Å². The van der Waals surface area contributed by atoms with Gasteiger partial charge >= 0.3 is 0 Å². The average Bonchev–Trinajstić information content (AvgIpc) is 2.90. The van der Waals surface area contributed by atoms with E-state index in [1.165, 1.54) is 11.2 Å². The van der Waals surface area contributed by atoms with E-state index < -0.39 is 0 Å². The van der Waals surface area contributed by atoms with Gasteiger partial charge in [0.1, 0.15) is 17.3 Å². The van der Waals surface area contributed by atoms with Crippen molar-refractivity contribution in [1.29, 1.82) is 0 Å². The minimum Gasteiger partial charge on any atom is -0.352 e. The van der Waals surface area contributed by atoms with E-state index in [-0.39, 0.29) is 6.04 Å². The molecule has 3 nitrogen and oxygen atoms in total. The van der Waals surface area contributed by atoms with Gasteiger partial charge in [0.2, 0.25) is 0 Å². The number of hydrogen-bond acceptors (Lipinski definition) is 4. The highest BCUT2D eigenvalue weighted by Crippen LogP contribution is 2.31. The van der Waals surface area contributed by atoms with Crippen LogP contribution < -0.4 is 4.90 Å². The van der Waals surface area contributed by atoms with Crippen LogP contribution in [0.15, 0.2) is 23.8 Å². The number of halogens is 2. The second-order valence-corrected chi connectivity index (χ2v) is 5.51. The van der Waals surface area contributed by atoms with Crippen molar-refractivity contribution in [3.05, 3.63) is 39.4 Å². The first-order valence-corrected chi connectivity index (χ1v) is 7.26. The Labute approximate surface area is 120 Å². The molecule has 0 fully saturated rings.